The van der Waals surface area contributed by atoms with Crippen molar-refractivity contribution in [3.05, 3.63) is 35.9 Å². The van der Waals surface area contributed by atoms with Crippen LogP contribution in [0, 0.1) is 0 Å². The van der Waals surface area contributed by atoms with Gasteiger partial charge in [0.1, 0.15) is 0 Å². The van der Waals surface area contributed by atoms with E-state index in [1.165, 1.54) is 6.92 Å². The van der Waals surface area contributed by atoms with Crippen molar-refractivity contribution in [1.82, 2.24) is 0 Å². The van der Waals surface area contributed by atoms with Crippen molar-refractivity contribution in [3.8, 4) is 0 Å². The van der Waals surface area contributed by atoms with Crippen molar-refractivity contribution in [2.75, 3.05) is 0 Å². The van der Waals surface area contributed by atoms with Crippen LogP contribution in [-0.4, -0.2) is 23.1 Å². The number of benzene rings is 1. The van der Waals surface area contributed by atoms with E-state index in [0.29, 0.717) is 0 Å². The number of ether oxygens (including phenoxy) is 1. The van der Waals surface area contributed by atoms with Crippen LogP contribution >= 0.6 is 0 Å². The number of carboxylic acids is 1. The Hall–Kier alpha value is -1.84. The summed E-state index contributed by atoms with van der Waals surface area (Å²) < 4.78 is 4.68. The van der Waals surface area contributed by atoms with Gasteiger partial charge in [0.15, 0.2) is 0 Å². The van der Waals surface area contributed by atoms with Crippen molar-refractivity contribution in [2.24, 2.45) is 0 Å². The lowest BCUT2D eigenvalue weighted by Crippen LogP contribution is -2.28. The minimum atomic E-state index is -1.13. The van der Waals surface area contributed by atoms with Crippen molar-refractivity contribution in [3.63, 3.8) is 0 Å². The fraction of sp³-hybridized carbons (Fsp3) is 0.273. The van der Waals surface area contributed by atoms with Crippen molar-refractivity contribution in [2.45, 2.75) is 19.4 Å². The summed E-state index contributed by atoms with van der Waals surface area (Å²) in [5.74, 6) is -1.72. The third kappa shape index (κ3) is 3.81. The number of rotatable bonds is 4. The van der Waals surface area contributed by atoms with Gasteiger partial charge in [0, 0.05) is 13.3 Å². The molecule has 0 unspecified atom stereocenters. The molecule has 0 spiro atoms. The van der Waals surface area contributed by atoms with E-state index in [4.69, 9.17) is 5.11 Å². The summed E-state index contributed by atoms with van der Waals surface area (Å²) in [6.45, 7) is 1.20. The SMILES string of the molecule is CC(=O)O[C@@H](Cc1ccccc1)C(=O)O. The summed E-state index contributed by atoms with van der Waals surface area (Å²) in [7, 11) is 0. The van der Waals surface area contributed by atoms with Crippen LogP contribution in [-0.2, 0) is 20.7 Å². The molecule has 0 aliphatic heterocycles. The van der Waals surface area contributed by atoms with Crippen LogP contribution in [0.1, 0.15) is 12.5 Å². The van der Waals surface area contributed by atoms with Crippen LogP contribution in [0.15, 0.2) is 30.3 Å². The van der Waals surface area contributed by atoms with Crippen LogP contribution in [0.3, 0.4) is 0 Å². The molecule has 1 N–H and O–H groups in total. The van der Waals surface area contributed by atoms with E-state index in [9.17, 15) is 9.59 Å². The quantitative estimate of drug-likeness (QED) is 0.756. The zero-order valence-electron chi connectivity index (χ0n) is 8.34. The Bertz CT molecular complexity index is 345. The van der Waals surface area contributed by atoms with Crippen molar-refractivity contribution >= 4 is 11.9 Å². The van der Waals surface area contributed by atoms with Gasteiger partial charge in [0.05, 0.1) is 0 Å². The van der Waals surface area contributed by atoms with Gasteiger partial charge >= 0.3 is 11.9 Å². The van der Waals surface area contributed by atoms with Gasteiger partial charge in [-0.25, -0.2) is 4.79 Å². The Morgan fingerprint density at radius 3 is 2.40 bits per heavy atom. The Balaban J connectivity index is 2.67. The monoisotopic (exact) mass is 208 g/mol. The first-order valence-electron chi connectivity index (χ1n) is 4.53. The lowest BCUT2D eigenvalue weighted by molar-refractivity contribution is -0.162. The van der Waals surface area contributed by atoms with Gasteiger partial charge in [-0.1, -0.05) is 30.3 Å². The number of carbonyl (C=O) groups is 2. The van der Waals surface area contributed by atoms with Gasteiger partial charge in [-0.05, 0) is 5.56 Å². The summed E-state index contributed by atoms with van der Waals surface area (Å²) >= 11 is 0. The van der Waals surface area contributed by atoms with Gasteiger partial charge in [0.2, 0.25) is 6.10 Å². The van der Waals surface area contributed by atoms with E-state index in [0.717, 1.165) is 5.56 Å². The number of hydrogen-bond donors (Lipinski definition) is 1. The number of esters is 1. The van der Waals surface area contributed by atoms with E-state index in [2.05, 4.69) is 4.74 Å². The van der Waals surface area contributed by atoms with Gasteiger partial charge in [0.25, 0.3) is 0 Å². The third-order valence-electron chi connectivity index (χ3n) is 1.85. The fourth-order valence-corrected chi connectivity index (χ4v) is 1.21. The highest BCUT2D eigenvalue weighted by atomic mass is 16.6. The fourth-order valence-electron chi connectivity index (χ4n) is 1.21. The minimum Gasteiger partial charge on any atom is -0.478 e. The molecule has 1 rings (SSSR count). The highest BCUT2D eigenvalue weighted by Crippen LogP contribution is 2.06. The van der Waals surface area contributed by atoms with Crippen LogP contribution in [0.2, 0.25) is 0 Å². The van der Waals surface area contributed by atoms with Gasteiger partial charge in [-0.3, -0.25) is 4.79 Å². The number of carbonyl (C=O) groups excluding carboxylic acids is 1. The Labute approximate surface area is 87.5 Å². The van der Waals surface area contributed by atoms with Crippen LogP contribution in [0.5, 0.6) is 0 Å². The summed E-state index contributed by atoms with van der Waals surface area (Å²) in [5.41, 5.74) is 0.825. The number of hydrogen-bond acceptors (Lipinski definition) is 3. The molecule has 1 atom stereocenters. The van der Waals surface area contributed by atoms with Gasteiger partial charge in [-0.15, -0.1) is 0 Å². The largest absolute Gasteiger partial charge is 0.478 e. The Morgan fingerprint density at radius 1 is 1.33 bits per heavy atom. The molecular formula is C11H12O4. The average Bonchev–Trinajstić information content (AvgIpc) is 2.17. The molecule has 0 aromatic heterocycles. The highest BCUT2D eigenvalue weighted by molar-refractivity contribution is 5.77. The zero-order valence-corrected chi connectivity index (χ0v) is 8.34. The van der Waals surface area contributed by atoms with Crippen molar-refractivity contribution < 1.29 is 19.4 Å². The maximum absolute atomic E-state index is 10.8. The Morgan fingerprint density at radius 2 is 1.93 bits per heavy atom. The molecule has 0 fully saturated rings. The minimum absolute atomic E-state index is 0.190. The summed E-state index contributed by atoms with van der Waals surface area (Å²) in [6, 6.07) is 9.04. The lowest BCUT2D eigenvalue weighted by Gasteiger charge is -2.12. The average molecular weight is 208 g/mol. The van der Waals surface area contributed by atoms with Crippen molar-refractivity contribution in [1.29, 1.82) is 0 Å². The van der Waals surface area contributed by atoms with E-state index < -0.39 is 18.0 Å². The third-order valence-corrected chi connectivity index (χ3v) is 1.85. The van der Waals surface area contributed by atoms with E-state index in [1.54, 1.807) is 12.1 Å². The van der Waals surface area contributed by atoms with Gasteiger partial charge < -0.3 is 9.84 Å². The summed E-state index contributed by atoms with van der Waals surface area (Å²) in [6.07, 6.45) is -0.916. The molecule has 15 heavy (non-hydrogen) atoms. The molecule has 0 saturated heterocycles. The lowest BCUT2D eigenvalue weighted by atomic mass is 10.1. The maximum Gasteiger partial charge on any atom is 0.345 e. The van der Waals surface area contributed by atoms with Crippen LogP contribution in [0.4, 0.5) is 0 Å². The van der Waals surface area contributed by atoms with E-state index in [1.807, 2.05) is 18.2 Å². The first-order chi connectivity index (χ1) is 7.09. The molecule has 0 heterocycles. The first-order valence-corrected chi connectivity index (χ1v) is 4.53. The molecule has 0 amide bonds. The van der Waals surface area contributed by atoms with Crippen LogP contribution in [0.25, 0.3) is 0 Å². The molecule has 4 nitrogen and oxygen atoms in total. The second-order valence-corrected chi connectivity index (χ2v) is 3.13. The predicted octanol–water partition coefficient (Wildman–Crippen LogP) is 1.25. The normalized spacial score (nSPS) is 11.8. The first kappa shape index (κ1) is 11.2. The molecule has 80 valence electrons. The second-order valence-electron chi connectivity index (χ2n) is 3.13. The molecule has 1 aromatic rings. The zero-order chi connectivity index (χ0) is 11.3. The molecular weight excluding hydrogens is 196 g/mol. The summed E-state index contributed by atoms with van der Waals surface area (Å²) in [5, 5.41) is 8.81. The predicted molar refractivity (Wildman–Crippen MR) is 53.3 cm³/mol. The number of carboxylic acid groups (broad SMARTS) is 1. The molecule has 1 aromatic carbocycles. The molecule has 0 aliphatic rings. The molecule has 0 aliphatic carbocycles. The second kappa shape index (κ2) is 5.14. The van der Waals surface area contributed by atoms with E-state index in [-0.39, 0.29) is 6.42 Å². The molecule has 0 bridgehead atoms. The van der Waals surface area contributed by atoms with Gasteiger partial charge in [-0.2, -0.15) is 0 Å². The number of aliphatic carboxylic acids is 1. The molecule has 0 radical (unpaired) electrons. The van der Waals surface area contributed by atoms with Crippen LogP contribution < -0.4 is 0 Å². The maximum atomic E-state index is 10.8. The highest BCUT2D eigenvalue weighted by Gasteiger charge is 2.20. The van der Waals surface area contributed by atoms with E-state index >= 15 is 0 Å². The standard InChI is InChI=1S/C11H12O4/c1-8(12)15-10(11(13)14)7-9-5-3-2-4-6-9/h2-6,10H,7H2,1H3,(H,13,14)/t10-/m0/s1. The molecule has 0 saturated carbocycles. The molecule has 4 heteroatoms. The Kier molecular flexibility index (Phi) is 3.85. The smallest absolute Gasteiger partial charge is 0.345 e. The topological polar surface area (TPSA) is 63.6 Å². The summed E-state index contributed by atoms with van der Waals surface area (Å²) in [4.78, 5) is 21.4.